The Bertz CT molecular complexity index is 218. The van der Waals surface area contributed by atoms with Gasteiger partial charge in [0.15, 0.2) is 0 Å². The van der Waals surface area contributed by atoms with Crippen molar-refractivity contribution in [3.8, 4) is 0 Å². The van der Waals surface area contributed by atoms with Crippen LogP contribution >= 0.6 is 12.2 Å². The Kier molecular flexibility index (Phi) is 4.87. The molecule has 0 aromatic heterocycles. The average Bonchev–Trinajstić information content (AvgIpc) is 2.17. The van der Waals surface area contributed by atoms with Gasteiger partial charge in [0.25, 0.3) is 0 Å². The SMILES string of the molecule is CCOC(=O)CCN1CCCCC1=S. The first-order valence-electron chi connectivity index (χ1n) is 5.17. The summed E-state index contributed by atoms with van der Waals surface area (Å²) in [5.41, 5.74) is 0. The highest BCUT2D eigenvalue weighted by molar-refractivity contribution is 7.80. The number of ether oxygens (including phenoxy) is 1. The topological polar surface area (TPSA) is 29.5 Å². The van der Waals surface area contributed by atoms with Gasteiger partial charge in [-0.15, -0.1) is 0 Å². The molecule has 1 rings (SSSR count). The molecule has 4 heteroatoms. The number of hydrogen-bond acceptors (Lipinski definition) is 3. The van der Waals surface area contributed by atoms with Gasteiger partial charge in [0.1, 0.15) is 0 Å². The maximum atomic E-state index is 11.1. The summed E-state index contributed by atoms with van der Waals surface area (Å²) in [5, 5.41) is 0. The van der Waals surface area contributed by atoms with Crippen molar-refractivity contribution < 1.29 is 9.53 Å². The summed E-state index contributed by atoms with van der Waals surface area (Å²) in [4.78, 5) is 14.2. The molecule has 1 aliphatic rings. The first kappa shape index (κ1) is 11.4. The van der Waals surface area contributed by atoms with E-state index < -0.39 is 0 Å². The van der Waals surface area contributed by atoms with Gasteiger partial charge in [-0.05, 0) is 26.2 Å². The average molecular weight is 215 g/mol. The van der Waals surface area contributed by atoms with Gasteiger partial charge in [-0.1, -0.05) is 12.2 Å². The number of nitrogens with zero attached hydrogens (tertiary/aromatic N) is 1. The van der Waals surface area contributed by atoms with Crippen molar-refractivity contribution >= 4 is 23.2 Å². The second kappa shape index (κ2) is 5.96. The van der Waals surface area contributed by atoms with Gasteiger partial charge >= 0.3 is 5.97 Å². The van der Waals surface area contributed by atoms with E-state index in [1.165, 1.54) is 12.8 Å². The summed E-state index contributed by atoms with van der Waals surface area (Å²) in [7, 11) is 0. The molecule has 0 atom stereocenters. The third-order valence-electron chi connectivity index (χ3n) is 2.31. The van der Waals surface area contributed by atoms with E-state index in [-0.39, 0.29) is 5.97 Å². The number of likely N-dealkylation sites (tertiary alicyclic amines) is 1. The molecule has 3 nitrogen and oxygen atoms in total. The molecule has 1 aliphatic heterocycles. The first-order valence-corrected chi connectivity index (χ1v) is 5.58. The van der Waals surface area contributed by atoms with Crippen LogP contribution in [0, 0.1) is 0 Å². The van der Waals surface area contributed by atoms with Crippen molar-refractivity contribution in [2.45, 2.75) is 32.6 Å². The van der Waals surface area contributed by atoms with E-state index >= 15 is 0 Å². The maximum absolute atomic E-state index is 11.1. The van der Waals surface area contributed by atoms with Gasteiger partial charge in [-0.25, -0.2) is 0 Å². The fourth-order valence-corrected chi connectivity index (χ4v) is 1.88. The highest BCUT2D eigenvalue weighted by Gasteiger charge is 2.15. The summed E-state index contributed by atoms with van der Waals surface area (Å²) < 4.78 is 4.86. The van der Waals surface area contributed by atoms with Crippen molar-refractivity contribution in [3.63, 3.8) is 0 Å². The lowest BCUT2D eigenvalue weighted by molar-refractivity contribution is -0.143. The van der Waals surface area contributed by atoms with Crippen LogP contribution in [-0.2, 0) is 9.53 Å². The second-order valence-corrected chi connectivity index (χ2v) is 3.86. The van der Waals surface area contributed by atoms with E-state index in [1.54, 1.807) is 0 Å². The quantitative estimate of drug-likeness (QED) is 0.528. The molecule has 14 heavy (non-hydrogen) atoms. The van der Waals surface area contributed by atoms with Gasteiger partial charge in [0, 0.05) is 13.1 Å². The monoisotopic (exact) mass is 215 g/mol. The fourth-order valence-electron chi connectivity index (χ4n) is 1.56. The van der Waals surface area contributed by atoms with Crippen LogP contribution in [0.2, 0.25) is 0 Å². The molecular weight excluding hydrogens is 198 g/mol. The molecular formula is C10H17NO2S. The van der Waals surface area contributed by atoms with Crippen LogP contribution in [0.5, 0.6) is 0 Å². The number of carbonyl (C=O) groups is 1. The standard InChI is InChI=1S/C10H17NO2S/c1-2-13-10(12)6-8-11-7-4-3-5-9(11)14/h2-8H2,1H3. The van der Waals surface area contributed by atoms with E-state index in [2.05, 4.69) is 4.90 Å². The van der Waals surface area contributed by atoms with Gasteiger partial charge in [-0.2, -0.15) is 0 Å². The van der Waals surface area contributed by atoms with Crippen LogP contribution in [0.1, 0.15) is 32.6 Å². The number of hydrogen-bond donors (Lipinski definition) is 0. The minimum absolute atomic E-state index is 0.124. The van der Waals surface area contributed by atoms with Gasteiger partial charge in [-0.3, -0.25) is 4.79 Å². The van der Waals surface area contributed by atoms with E-state index in [4.69, 9.17) is 17.0 Å². The van der Waals surface area contributed by atoms with E-state index in [1.807, 2.05) is 6.92 Å². The third-order valence-corrected chi connectivity index (χ3v) is 2.77. The number of rotatable bonds is 4. The molecule has 1 saturated heterocycles. The smallest absolute Gasteiger partial charge is 0.307 e. The summed E-state index contributed by atoms with van der Waals surface area (Å²) in [6.45, 7) is 4.00. The summed E-state index contributed by atoms with van der Waals surface area (Å²) in [6.07, 6.45) is 3.82. The highest BCUT2D eigenvalue weighted by Crippen LogP contribution is 2.12. The van der Waals surface area contributed by atoms with E-state index in [9.17, 15) is 4.79 Å². The molecule has 0 aromatic rings. The third kappa shape index (κ3) is 3.62. The zero-order chi connectivity index (χ0) is 10.4. The fraction of sp³-hybridized carbons (Fsp3) is 0.800. The number of carbonyl (C=O) groups excluding carboxylic acids is 1. The van der Waals surface area contributed by atoms with Crippen molar-refractivity contribution in [2.75, 3.05) is 19.7 Å². The van der Waals surface area contributed by atoms with Crippen LogP contribution in [0.25, 0.3) is 0 Å². The minimum Gasteiger partial charge on any atom is -0.466 e. The summed E-state index contributed by atoms with van der Waals surface area (Å²) >= 11 is 5.22. The molecule has 1 fully saturated rings. The molecule has 0 spiro atoms. The Morgan fingerprint density at radius 2 is 2.36 bits per heavy atom. The minimum atomic E-state index is -0.124. The Morgan fingerprint density at radius 1 is 1.57 bits per heavy atom. The van der Waals surface area contributed by atoms with Crippen molar-refractivity contribution in [1.82, 2.24) is 4.90 Å². The molecule has 0 unspecified atom stereocenters. The lowest BCUT2D eigenvalue weighted by Crippen LogP contribution is -2.35. The van der Waals surface area contributed by atoms with Gasteiger partial charge in [0.05, 0.1) is 18.0 Å². The van der Waals surface area contributed by atoms with Gasteiger partial charge in [0.2, 0.25) is 0 Å². The second-order valence-electron chi connectivity index (χ2n) is 3.39. The Labute approximate surface area is 90.4 Å². The molecule has 0 radical (unpaired) electrons. The highest BCUT2D eigenvalue weighted by atomic mass is 32.1. The predicted octanol–water partition coefficient (Wildman–Crippen LogP) is 1.75. The summed E-state index contributed by atoms with van der Waals surface area (Å²) in [5.74, 6) is -0.124. The zero-order valence-electron chi connectivity index (χ0n) is 8.62. The molecule has 0 amide bonds. The molecule has 0 saturated carbocycles. The zero-order valence-corrected chi connectivity index (χ0v) is 9.44. The van der Waals surface area contributed by atoms with Crippen molar-refractivity contribution in [2.24, 2.45) is 0 Å². The largest absolute Gasteiger partial charge is 0.466 e. The molecule has 0 aromatic carbocycles. The van der Waals surface area contributed by atoms with E-state index in [0.717, 1.165) is 24.5 Å². The van der Waals surface area contributed by atoms with Crippen LogP contribution < -0.4 is 0 Å². The molecule has 0 aliphatic carbocycles. The van der Waals surface area contributed by atoms with Crippen LogP contribution in [-0.4, -0.2) is 35.6 Å². The van der Waals surface area contributed by atoms with E-state index in [0.29, 0.717) is 13.0 Å². The number of thiocarbonyl (C=S) groups is 1. The number of piperidine rings is 1. The van der Waals surface area contributed by atoms with Crippen molar-refractivity contribution in [1.29, 1.82) is 0 Å². The number of esters is 1. The maximum Gasteiger partial charge on any atom is 0.307 e. The molecule has 1 heterocycles. The molecule has 0 N–H and O–H groups in total. The molecule has 0 bridgehead atoms. The van der Waals surface area contributed by atoms with Crippen LogP contribution in [0.3, 0.4) is 0 Å². The lowest BCUT2D eigenvalue weighted by Gasteiger charge is -2.28. The Morgan fingerprint density at radius 3 is 3.00 bits per heavy atom. The lowest BCUT2D eigenvalue weighted by atomic mass is 10.1. The Balaban J connectivity index is 2.22. The van der Waals surface area contributed by atoms with Crippen molar-refractivity contribution in [3.05, 3.63) is 0 Å². The van der Waals surface area contributed by atoms with Gasteiger partial charge < -0.3 is 9.64 Å². The Hall–Kier alpha value is -0.640. The van der Waals surface area contributed by atoms with Crippen LogP contribution in [0.15, 0.2) is 0 Å². The van der Waals surface area contributed by atoms with Crippen LogP contribution in [0.4, 0.5) is 0 Å². The normalized spacial score (nSPS) is 16.9. The first-order chi connectivity index (χ1) is 6.74. The summed E-state index contributed by atoms with van der Waals surface area (Å²) in [6, 6.07) is 0. The predicted molar refractivity (Wildman–Crippen MR) is 59.3 cm³/mol. The molecule has 80 valence electrons.